The topological polar surface area (TPSA) is 46.6 Å². The third-order valence-electron chi connectivity index (χ3n) is 4.14. The van der Waals surface area contributed by atoms with Crippen molar-refractivity contribution in [2.75, 3.05) is 6.61 Å². The molecule has 23 heavy (non-hydrogen) atoms. The molecule has 0 bridgehead atoms. The number of nitrogens with zero attached hydrogens (tertiary/aromatic N) is 1. The molecule has 0 aromatic heterocycles. The minimum atomic E-state index is -0.332. The lowest BCUT2D eigenvalue weighted by atomic mass is 10.1. The fourth-order valence-electron chi connectivity index (χ4n) is 2.91. The van der Waals surface area contributed by atoms with Gasteiger partial charge in [0.15, 0.2) is 0 Å². The van der Waals surface area contributed by atoms with Gasteiger partial charge in [0, 0.05) is 0 Å². The van der Waals surface area contributed by atoms with Gasteiger partial charge >= 0.3 is 0 Å². The molecular formula is C19H19NO3. The summed E-state index contributed by atoms with van der Waals surface area (Å²) in [4.78, 5) is 26.2. The van der Waals surface area contributed by atoms with Gasteiger partial charge < -0.3 is 4.74 Å². The Morgan fingerprint density at radius 3 is 1.96 bits per heavy atom. The van der Waals surface area contributed by atoms with E-state index in [4.69, 9.17) is 4.74 Å². The van der Waals surface area contributed by atoms with E-state index in [-0.39, 0.29) is 24.5 Å². The van der Waals surface area contributed by atoms with Crippen molar-refractivity contribution < 1.29 is 14.3 Å². The second-order valence-corrected chi connectivity index (χ2v) is 5.91. The number of para-hydroxylation sites is 1. The molecule has 2 aromatic rings. The highest BCUT2D eigenvalue weighted by atomic mass is 16.5. The SMILES string of the molecule is Cc1cccc(C)c1OC[C@@H](C)N1C(=O)c2ccccc2C1=O. The van der Waals surface area contributed by atoms with Gasteiger partial charge in [-0.05, 0) is 44.0 Å². The van der Waals surface area contributed by atoms with Gasteiger partial charge in [0.2, 0.25) is 0 Å². The van der Waals surface area contributed by atoms with Crippen LogP contribution in [0.15, 0.2) is 42.5 Å². The van der Waals surface area contributed by atoms with Gasteiger partial charge in [0.05, 0.1) is 17.2 Å². The van der Waals surface area contributed by atoms with Gasteiger partial charge in [-0.1, -0.05) is 30.3 Å². The first kappa shape index (κ1) is 15.3. The normalized spacial score (nSPS) is 14.8. The van der Waals surface area contributed by atoms with Crippen molar-refractivity contribution in [3.63, 3.8) is 0 Å². The Bertz CT molecular complexity index is 727. The van der Waals surface area contributed by atoms with Crippen molar-refractivity contribution in [3.8, 4) is 5.75 Å². The molecule has 0 aliphatic carbocycles. The highest BCUT2D eigenvalue weighted by Crippen LogP contribution is 2.26. The zero-order chi connectivity index (χ0) is 16.6. The van der Waals surface area contributed by atoms with Crippen LogP contribution in [-0.2, 0) is 0 Å². The van der Waals surface area contributed by atoms with Crippen molar-refractivity contribution in [2.24, 2.45) is 0 Å². The van der Waals surface area contributed by atoms with Crippen molar-refractivity contribution in [2.45, 2.75) is 26.8 Å². The third kappa shape index (κ3) is 2.61. The Labute approximate surface area is 135 Å². The number of imide groups is 1. The number of hydrogen-bond donors (Lipinski definition) is 0. The molecule has 0 radical (unpaired) electrons. The summed E-state index contributed by atoms with van der Waals surface area (Å²) in [6.07, 6.45) is 0. The van der Waals surface area contributed by atoms with Gasteiger partial charge in [-0.2, -0.15) is 0 Å². The van der Waals surface area contributed by atoms with E-state index in [0.717, 1.165) is 16.9 Å². The lowest BCUT2D eigenvalue weighted by Gasteiger charge is -2.23. The van der Waals surface area contributed by atoms with Crippen LogP contribution in [-0.4, -0.2) is 29.4 Å². The van der Waals surface area contributed by atoms with E-state index >= 15 is 0 Å². The number of hydrogen-bond acceptors (Lipinski definition) is 3. The van der Waals surface area contributed by atoms with Crippen LogP contribution in [0.2, 0.25) is 0 Å². The number of benzene rings is 2. The summed E-state index contributed by atoms with van der Waals surface area (Å²) in [5, 5.41) is 0. The maximum atomic E-state index is 12.4. The summed E-state index contributed by atoms with van der Waals surface area (Å²) in [6, 6.07) is 12.5. The third-order valence-corrected chi connectivity index (χ3v) is 4.14. The number of amides is 2. The van der Waals surface area contributed by atoms with Crippen molar-refractivity contribution in [1.29, 1.82) is 0 Å². The molecule has 1 heterocycles. The first-order valence-electron chi connectivity index (χ1n) is 7.66. The van der Waals surface area contributed by atoms with E-state index in [0.29, 0.717) is 11.1 Å². The number of carbonyl (C=O) groups excluding carboxylic acids is 2. The average Bonchev–Trinajstić information content (AvgIpc) is 2.79. The molecule has 118 valence electrons. The average molecular weight is 309 g/mol. The number of fused-ring (bicyclic) bond motifs is 1. The van der Waals surface area contributed by atoms with Crippen LogP contribution in [0.1, 0.15) is 38.8 Å². The molecule has 0 unspecified atom stereocenters. The van der Waals surface area contributed by atoms with Crippen molar-refractivity contribution in [3.05, 3.63) is 64.7 Å². The molecular weight excluding hydrogens is 290 g/mol. The fraction of sp³-hybridized carbons (Fsp3) is 0.263. The minimum Gasteiger partial charge on any atom is -0.491 e. The summed E-state index contributed by atoms with van der Waals surface area (Å²) < 4.78 is 5.89. The number of aryl methyl sites for hydroxylation is 2. The first-order valence-corrected chi connectivity index (χ1v) is 7.66. The zero-order valence-electron chi connectivity index (χ0n) is 13.5. The van der Waals surface area contributed by atoms with Gasteiger partial charge in [-0.25, -0.2) is 0 Å². The van der Waals surface area contributed by atoms with Crippen molar-refractivity contribution in [1.82, 2.24) is 4.90 Å². The van der Waals surface area contributed by atoms with Gasteiger partial charge in [-0.15, -0.1) is 0 Å². The quantitative estimate of drug-likeness (QED) is 0.814. The highest BCUT2D eigenvalue weighted by molar-refractivity contribution is 6.21. The molecule has 2 amide bonds. The maximum Gasteiger partial charge on any atom is 0.261 e. The second-order valence-electron chi connectivity index (χ2n) is 5.91. The first-order chi connectivity index (χ1) is 11.0. The molecule has 4 nitrogen and oxygen atoms in total. The van der Waals surface area contributed by atoms with E-state index in [1.54, 1.807) is 24.3 Å². The lowest BCUT2D eigenvalue weighted by molar-refractivity contribution is 0.0550. The predicted molar refractivity (Wildman–Crippen MR) is 87.8 cm³/mol. The standard InChI is InChI=1S/C19H19NO3/c1-12-7-6-8-13(2)17(12)23-11-14(3)20-18(21)15-9-4-5-10-16(15)19(20)22/h4-10,14H,11H2,1-3H3/t14-/m1/s1. The molecule has 0 fully saturated rings. The van der Waals surface area contributed by atoms with Crippen LogP contribution < -0.4 is 4.74 Å². The monoisotopic (exact) mass is 309 g/mol. The Balaban J connectivity index is 1.76. The van der Waals surface area contributed by atoms with E-state index in [9.17, 15) is 9.59 Å². The summed E-state index contributed by atoms with van der Waals surface area (Å²) in [6.45, 7) is 6.07. The Hall–Kier alpha value is -2.62. The Kier molecular flexibility index (Phi) is 3.90. The Morgan fingerprint density at radius 2 is 1.43 bits per heavy atom. The van der Waals surface area contributed by atoms with Crippen LogP contribution in [0.4, 0.5) is 0 Å². The number of carbonyl (C=O) groups is 2. The lowest BCUT2D eigenvalue weighted by Crippen LogP contribution is -2.41. The minimum absolute atomic E-state index is 0.247. The largest absolute Gasteiger partial charge is 0.491 e. The van der Waals surface area contributed by atoms with E-state index < -0.39 is 0 Å². The maximum absolute atomic E-state index is 12.4. The molecule has 0 saturated heterocycles. The number of rotatable bonds is 4. The van der Waals surface area contributed by atoms with Crippen LogP contribution in [0.25, 0.3) is 0 Å². The van der Waals surface area contributed by atoms with Crippen LogP contribution in [0, 0.1) is 13.8 Å². The van der Waals surface area contributed by atoms with E-state index in [1.807, 2.05) is 39.0 Å². The molecule has 1 aliphatic heterocycles. The van der Waals surface area contributed by atoms with Crippen molar-refractivity contribution >= 4 is 11.8 Å². The predicted octanol–water partition coefficient (Wildman–Crippen LogP) is 3.37. The second kappa shape index (κ2) is 5.88. The van der Waals surface area contributed by atoms with Gasteiger partial charge in [-0.3, -0.25) is 14.5 Å². The summed E-state index contributed by atoms with van der Waals surface area (Å²) in [5.41, 5.74) is 3.02. The summed E-state index contributed by atoms with van der Waals surface area (Å²) >= 11 is 0. The molecule has 1 aliphatic rings. The Morgan fingerprint density at radius 1 is 0.913 bits per heavy atom. The molecule has 0 saturated carbocycles. The van der Waals surface area contributed by atoms with Crippen LogP contribution in [0.3, 0.4) is 0 Å². The number of ether oxygens (including phenoxy) is 1. The smallest absolute Gasteiger partial charge is 0.261 e. The molecule has 1 atom stereocenters. The molecule has 4 heteroatoms. The summed E-state index contributed by atoms with van der Waals surface area (Å²) in [7, 11) is 0. The molecule has 3 rings (SSSR count). The zero-order valence-corrected chi connectivity index (χ0v) is 13.5. The summed E-state index contributed by atoms with van der Waals surface area (Å²) in [5.74, 6) is 0.322. The fourth-order valence-corrected chi connectivity index (χ4v) is 2.91. The van der Waals surface area contributed by atoms with Crippen LogP contribution >= 0.6 is 0 Å². The molecule has 0 spiro atoms. The van der Waals surface area contributed by atoms with Gasteiger partial charge in [0.1, 0.15) is 12.4 Å². The van der Waals surface area contributed by atoms with E-state index in [1.165, 1.54) is 4.90 Å². The highest BCUT2D eigenvalue weighted by Gasteiger charge is 2.38. The molecule has 2 aromatic carbocycles. The van der Waals surface area contributed by atoms with E-state index in [2.05, 4.69) is 0 Å². The van der Waals surface area contributed by atoms with Gasteiger partial charge in [0.25, 0.3) is 11.8 Å². The van der Waals surface area contributed by atoms with Crippen LogP contribution in [0.5, 0.6) is 5.75 Å². The molecule has 0 N–H and O–H groups in total.